The molecule has 5 nitrogen and oxygen atoms in total. The van der Waals surface area contributed by atoms with Gasteiger partial charge in [-0.3, -0.25) is 14.4 Å². The summed E-state index contributed by atoms with van der Waals surface area (Å²) in [5.74, 6) is -1.29. The highest BCUT2D eigenvalue weighted by Crippen LogP contribution is 2.24. The average molecular weight is 363 g/mol. The third-order valence-electron chi connectivity index (χ3n) is 4.21. The zero-order chi connectivity index (χ0) is 17.7. The highest BCUT2D eigenvalue weighted by atomic mass is 32.2. The molecule has 0 aromatic heterocycles. The number of benzene rings is 1. The summed E-state index contributed by atoms with van der Waals surface area (Å²) in [6.07, 6.45) is 0. The molecule has 0 saturated carbocycles. The molecule has 0 bridgehead atoms. The number of nitrogens with zero attached hydrogens (tertiary/aromatic N) is 1. The SMILES string of the molecule is CC[Si](C)(C)C[C@@H]1C(=O)N=C(SCC(=O)c2ccccc2)NC1=O. The lowest BCUT2D eigenvalue weighted by molar-refractivity contribution is -0.132. The van der Waals surface area contributed by atoms with E-state index in [9.17, 15) is 14.4 Å². The number of amides is 2. The van der Waals surface area contributed by atoms with Gasteiger partial charge in [0.2, 0.25) is 5.91 Å². The summed E-state index contributed by atoms with van der Waals surface area (Å²) in [5, 5.41) is 2.90. The van der Waals surface area contributed by atoms with Crippen molar-refractivity contribution in [1.29, 1.82) is 0 Å². The van der Waals surface area contributed by atoms with E-state index >= 15 is 0 Å². The second-order valence-corrected chi connectivity index (χ2v) is 13.0. The van der Waals surface area contributed by atoms with Crippen LogP contribution in [-0.2, 0) is 9.59 Å². The maximum Gasteiger partial charge on any atom is 0.260 e. The van der Waals surface area contributed by atoms with Crippen molar-refractivity contribution >= 4 is 42.6 Å². The van der Waals surface area contributed by atoms with Gasteiger partial charge in [-0.25, -0.2) is 0 Å². The molecule has 2 amide bonds. The van der Waals surface area contributed by atoms with Crippen LogP contribution in [-0.4, -0.2) is 36.6 Å². The molecule has 0 radical (unpaired) electrons. The lowest BCUT2D eigenvalue weighted by Crippen LogP contribution is -2.46. The van der Waals surface area contributed by atoms with Gasteiger partial charge in [-0.05, 0) is 6.04 Å². The van der Waals surface area contributed by atoms with Gasteiger partial charge >= 0.3 is 0 Å². The maximum absolute atomic E-state index is 12.2. The van der Waals surface area contributed by atoms with E-state index in [2.05, 4.69) is 30.3 Å². The summed E-state index contributed by atoms with van der Waals surface area (Å²) in [6, 6.07) is 10.5. The zero-order valence-electron chi connectivity index (χ0n) is 14.2. The van der Waals surface area contributed by atoms with Gasteiger partial charge in [0.25, 0.3) is 5.91 Å². The number of hydrogen-bond donors (Lipinski definition) is 1. The van der Waals surface area contributed by atoms with E-state index in [1.807, 2.05) is 6.07 Å². The second kappa shape index (κ2) is 7.89. The van der Waals surface area contributed by atoms with E-state index in [-0.39, 0.29) is 28.5 Å². The Morgan fingerprint density at radius 2 is 1.92 bits per heavy atom. The van der Waals surface area contributed by atoms with Crippen LogP contribution in [0.4, 0.5) is 0 Å². The van der Waals surface area contributed by atoms with Gasteiger partial charge in [0, 0.05) is 13.6 Å². The molecule has 7 heteroatoms. The van der Waals surface area contributed by atoms with Crippen LogP contribution in [0.15, 0.2) is 35.3 Å². The van der Waals surface area contributed by atoms with Crippen molar-refractivity contribution in [2.24, 2.45) is 10.9 Å². The van der Waals surface area contributed by atoms with Crippen LogP contribution in [0, 0.1) is 5.92 Å². The standard InChI is InChI=1S/C17H22N2O3SSi/c1-4-24(2,3)11-13-15(21)18-17(19-16(13)22)23-10-14(20)12-8-6-5-7-9-12/h5-9,13H,4,10-11H2,1-3H3,(H,18,19,21,22). The van der Waals surface area contributed by atoms with E-state index in [0.29, 0.717) is 11.6 Å². The lowest BCUT2D eigenvalue weighted by Gasteiger charge is -2.26. The number of rotatable bonds is 6. The Bertz CT molecular complexity index is 674. The highest BCUT2D eigenvalue weighted by molar-refractivity contribution is 8.14. The number of Topliss-reactive ketones (excluding diaryl/α,β-unsaturated/α-hetero) is 1. The first-order valence-corrected chi connectivity index (χ1v) is 12.4. The van der Waals surface area contributed by atoms with Crippen LogP contribution in [0.2, 0.25) is 25.2 Å². The average Bonchev–Trinajstić information content (AvgIpc) is 2.57. The van der Waals surface area contributed by atoms with Crippen LogP contribution in [0.1, 0.15) is 17.3 Å². The summed E-state index contributed by atoms with van der Waals surface area (Å²) < 4.78 is 0. The van der Waals surface area contributed by atoms with Gasteiger partial charge in [0.1, 0.15) is 5.92 Å². The molecular weight excluding hydrogens is 340 g/mol. The first kappa shape index (κ1) is 18.6. The molecule has 1 aromatic rings. The quantitative estimate of drug-likeness (QED) is 0.479. The number of carbonyl (C=O) groups excluding carboxylic acids is 3. The van der Waals surface area contributed by atoms with Crippen LogP contribution < -0.4 is 5.32 Å². The molecule has 1 heterocycles. The first-order valence-electron chi connectivity index (χ1n) is 7.97. The molecule has 0 saturated heterocycles. The van der Waals surface area contributed by atoms with Gasteiger partial charge in [0.15, 0.2) is 11.0 Å². The molecule has 1 aliphatic heterocycles. The molecule has 128 valence electrons. The summed E-state index contributed by atoms with van der Waals surface area (Å²) in [5.41, 5.74) is 0.604. The van der Waals surface area contributed by atoms with Gasteiger partial charge in [-0.2, -0.15) is 4.99 Å². The normalized spacial score (nSPS) is 18.1. The fourth-order valence-electron chi connectivity index (χ4n) is 2.30. The summed E-state index contributed by atoms with van der Waals surface area (Å²) in [7, 11) is -1.56. The molecular formula is C17H22N2O3SSi. The smallest absolute Gasteiger partial charge is 0.260 e. The Morgan fingerprint density at radius 3 is 2.50 bits per heavy atom. The molecule has 0 aliphatic carbocycles. The summed E-state index contributed by atoms with van der Waals surface area (Å²) >= 11 is 1.09. The Labute approximate surface area is 147 Å². The molecule has 2 rings (SSSR count). The van der Waals surface area contributed by atoms with Gasteiger partial charge in [-0.1, -0.05) is 68.2 Å². The van der Waals surface area contributed by atoms with Crippen LogP contribution in [0.25, 0.3) is 0 Å². The number of hydrogen-bond acceptors (Lipinski definition) is 4. The second-order valence-electron chi connectivity index (χ2n) is 6.60. The summed E-state index contributed by atoms with van der Waals surface area (Å²) in [4.78, 5) is 40.5. The molecule has 0 fully saturated rings. The van der Waals surface area contributed by atoms with E-state index in [0.717, 1.165) is 17.8 Å². The number of carbonyl (C=O) groups is 3. The predicted molar refractivity (Wildman–Crippen MR) is 100 cm³/mol. The molecule has 0 spiro atoms. The van der Waals surface area contributed by atoms with Crippen molar-refractivity contribution < 1.29 is 14.4 Å². The minimum atomic E-state index is -1.56. The van der Waals surface area contributed by atoms with Crippen LogP contribution >= 0.6 is 11.8 Å². The third-order valence-corrected chi connectivity index (χ3v) is 8.51. The van der Waals surface area contributed by atoms with E-state index in [1.165, 1.54) is 0 Å². The molecule has 1 aromatic carbocycles. The van der Waals surface area contributed by atoms with Crippen molar-refractivity contribution in [2.45, 2.75) is 32.1 Å². The molecule has 1 aliphatic rings. The van der Waals surface area contributed by atoms with Crippen molar-refractivity contribution in [2.75, 3.05) is 5.75 Å². The van der Waals surface area contributed by atoms with E-state index < -0.39 is 14.0 Å². The molecule has 24 heavy (non-hydrogen) atoms. The number of thioether (sulfide) groups is 1. The van der Waals surface area contributed by atoms with Crippen molar-refractivity contribution in [3.8, 4) is 0 Å². The largest absolute Gasteiger partial charge is 0.304 e. The lowest BCUT2D eigenvalue weighted by atomic mass is 10.1. The Kier molecular flexibility index (Phi) is 6.12. The van der Waals surface area contributed by atoms with Crippen LogP contribution in [0.5, 0.6) is 0 Å². The number of ketones is 1. The number of nitrogens with one attached hydrogen (secondary N) is 1. The van der Waals surface area contributed by atoms with Crippen molar-refractivity contribution in [1.82, 2.24) is 5.32 Å². The minimum absolute atomic E-state index is 0.0633. The Morgan fingerprint density at radius 1 is 1.25 bits per heavy atom. The third kappa shape index (κ3) is 4.88. The molecule has 1 atom stereocenters. The number of aliphatic imine (C=N–C) groups is 1. The Balaban J connectivity index is 1.97. The van der Waals surface area contributed by atoms with Gasteiger partial charge in [-0.15, -0.1) is 0 Å². The molecule has 0 unspecified atom stereocenters. The van der Waals surface area contributed by atoms with E-state index in [1.54, 1.807) is 24.3 Å². The van der Waals surface area contributed by atoms with Gasteiger partial charge in [0.05, 0.1) is 5.75 Å². The zero-order valence-corrected chi connectivity index (χ0v) is 16.0. The van der Waals surface area contributed by atoms with E-state index in [4.69, 9.17) is 0 Å². The van der Waals surface area contributed by atoms with Gasteiger partial charge < -0.3 is 5.32 Å². The topological polar surface area (TPSA) is 75.6 Å². The Hall–Kier alpha value is -1.73. The fraction of sp³-hybridized carbons (Fsp3) is 0.412. The predicted octanol–water partition coefficient (Wildman–Crippen LogP) is 2.96. The van der Waals surface area contributed by atoms with Crippen molar-refractivity contribution in [3.63, 3.8) is 0 Å². The fourth-order valence-corrected chi connectivity index (χ4v) is 4.81. The number of amidine groups is 1. The monoisotopic (exact) mass is 362 g/mol. The highest BCUT2D eigenvalue weighted by Gasteiger charge is 2.36. The van der Waals surface area contributed by atoms with Crippen molar-refractivity contribution in [3.05, 3.63) is 35.9 Å². The summed E-state index contributed by atoms with van der Waals surface area (Å²) in [6.45, 7) is 6.43. The first-order chi connectivity index (χ1) is 11.3. The molecule has 1 N–H and O–H groups in total. The van der Waals surface area contributed by atoms with Crippen LogP contribution in [0.3, 0.4) is 0 Å². The maximum atomic E-state index is 12.2. The minimum Gasteiger partial charge on any atom is -0.304 e.